The van der Waals surface area contributed by atoms with E-state index in [0.717, 1.165) is 21.8 Å². The molecule has 0 spiro atoms. The molecule has 1 saturated heterocycles. The number of pyridine rings is 1. The van der Waals surface area contributed by atoms with Crippen molar-refractivity contribution in [3.63, 3.8) is 0 Å². The van der Waals surface area contributed by atoms with E-state index < -0.39 is 15.9 Å². The average molecular weight is 590 g/mol. The first kappa shape index (κ1) is 25.0. The van der Waals surface area contributed by atoms with Gasteiger partial charge in [0.1, 0.15) is 16.7 Å². The van der Waals surface area contributed by atoms with E-state index in [1.165, 1.54) is 41.4 Å². The van der Waals surface area contributed by atoms with Gasteiger partial charge in [-0.05, 0) is 60.2 Å². The van der Waals surface area contributed by atoms with E-state index in [1.54, 1.807) is 18.2 Å². The Morgan fingerprint density at radius 3 is 2.46 bits per heavy atom. The summed E-state index contributed by atoms with van der Waals surface area (Å²) in [7, 11) is -3.83. The Morgan fingerprint density at radius 1 is 1.09 bits per heavy atom. The number of benzene rings is 2. The maximum Gasteiger partial charge on any atom is 0.266 e. The first-order chi connectivity index (χ1) is 16.7. The summed E-state index contributed by atoms with van der Waals surface area (Å²) in [6, 6.07) is 18.0. The molecule has 8 nitrogen and oxygen atoms in total. The number of nitrogens with zero attached hydrogens (tertiary/aromatic N) is 2. The van der Waals surface area contributed by atoms with Crippen LogP contribution in [0.15, 0.2) is 87.2 Å². The number of aromatic nitrogens is 1. The van der Waals surface area contributed by atoms with Gasteiger partial charge in [0.05, 0.1) is 9.80 Å². The molecule has 1 fully saturated rings. The maximum absolute atomic E-state index is 12.8. The van der Waals surface area contributed by atoms with E-state index in [4.69, 9.17) is 12.2 Å². The second-order valence-corrected chi connectivity index (χ2v) is 11.5. The van der Waals surface area contributed by atoms with Gasteiger partial charge in [-0.2, -0.15) is 0 Å². The quantitative estimate of drug-likeness (QED) is 0.309. The minimum atomic E-state index is -3.83. The minimum Gasteiger partial charge on any atom is -0.325 e. The van der Waals surface area contributed by atoms with E-state index in [2.05, 4.69) is 31.0 Å². The molecule has 2 N–H and O–H groups in total. The summed E-state index contributed by atoms with van der Waals surface area (Å²) in [5.41, 5.74) is 1.22. The van der Waals surface area contributed by atoms with Gasteiger partial charge in [0.15, 0.2) is 0 Å². The fourth-order valence-electron chi connectivity index (χ4n) is 3.03. The molecule has 2 aromatic carbocycles. The zero-order chi connectivity index (χ0) is 25.0. The van der Waals surface area contributed by atoms with Crippen molar-refractivity contribution in [2.75, 3.05) is 16.6 Å². The summed E-state index contributed by atoms with van der Waals surface area (Å²) in [5.74, 6) is -0.615. The van der Waals surface area contributed by atoms with Gasteiger partial charge in [-0.1, -0.05) is 58.1 Å². The number of hydrogen-bond donors (Lipinski definition) is 2. The Labute approximate surface area is 220 Å². The van der Waals surface area contributed by atoms with Gasteiger partial charge in [0, 0.05) is 16.4 Å². The Kier molecular flexibility index (Phi) is 7.65. The van der Waals surface area contributed by atoms with E-state index >= 15 is 0 Å². The number of carbonyl (C=O) groups is 2. The van der Waals surface area contributed by atoms with Gasteiger partial charge < -0.3 is 5.32 Å². The van der Waals surface area contributed by atoms with Crippen molar-refractivity contribution in [2.24, 2.45) is 0 Å². The zero-order valence-electron chi connectivity index (χ0n) is 17.8. The predicted octanol–water partition coefficient (Wildman–Crippen LogP) is 4.48. The number of thioether (sulfide) groups is 1. The fraction of sp³-hybridized carbons (Fsp3) is 0.0435. The number of sulfonamides is 1. The van der Waals surface area contributed by atoms with Crippen LogP contribution in [0.4, 0.5) is 11.5 Å². The normalized spacial score (nSPS) is 14.9. The monoisotopic (exact) mass is 588 g/mol. The lowest BCUT2D eigenvalue weighted by atomic mass is 10.2. The summed E-state index contributed by atoms with van der Waals surface area (Å²) in [4.78, 5) is 30.9. The van der Waals surface area contributed by atoms with Gasteiger partial charge in [-0.25, -0.2) is 13.4 Å². The molecule has 0 radical (unpaired) electrons. The van der Waals surface area contributed by atoms with Crippen molar-refractivity contribution < 1.29 is 18.0 Å². The van der Waals surface area contributed by atoms with Crippen molar-refractivity contribution in [2.45, 2.75) is 4.90 Å². The number of rotatable bonds is 7. The van der Waals surface area contributed by atoms with Crippen LogP contribution in [0.5, 0.6) is 0 Å². The summed E-state index contributed by atoms with van der Waals surface area (Å²) >= 11 is 9.79. The number of halogens is 1. The molecule has 3 aromatic rings. The Hall–Kier alpha value is -3.06. The number of amides is 2. The summed E-state index contributed by atoms with van der Waals surface area (Å²) in [6.07, 6.45) is 3.20. The average Bonchev–Trinajstić information content (AvgIpc) is 3.08. The number of carbonyl (C=O) groups excluding carboxylic acids is 2. The van der Waals surface area contributed by atoms with Crippen LogP contribution in [0.2, 0.25) is 0 Å². The minimum absolute atomic E-state index is 0.0103. The van der Waals surface area contributed by atoms with Crippen LogP contribution < -0.4 is 10.0 Å². The molecular formula is C23H17BrN4O4S3. The van der Waals surface area contributed by atoms with Gasteiger partial charge in [-0.15, -0.1) is 0 Å². The van der Waals surface area contributed by atoms with Crippen molar-refractivity contribution in [1.82, 2.24) is 9.88 Å². The molecule has 0 bridgehead atoms. The number of nitrogens with one attached hydrogen (secondary N) is 2. The Morgan fingerprint density at radius 2 is 1.80 bits per heavy atom. The van der Waals surface area contributed by atoms with Gasteiger partial charge in [0.2, 0.25) is 5.91 Å². The molecule has 0 atom stereocenters. The number of thiocarbonyl (C=S) groups is 1. The maximum atomic E-state index is 12.8. The van der Waals surface area contributed by atoms with Crippen LogP contribution in [-0.2, 0) is 19.6 Å². The predicted molar refractivity (Wildman–Crippen MR) is 144 cm³/mol. The van der Waals surface area contributed by atoms with Gasteiger partial charge in [-0.3, -0.25) is 19.2 Å². The standard InChI is InChI=1S/C23H17BrN4O4S3/c24-16-6-4-15(5-7-16)13-19-22(30)28(23(33)34-19)14-21(29)26-17-8-10-18(11-9-17)35(31,32)27-20-3-1-2-12-25-20/h1-13H,14H2,(H,25,27)(H,26,29)/b19-13-. The van der Waals surface area contributed by atoms with Gasteiger partial charge >= 0.3 is 0 Å². The lowest BCUT2D eigenvalue weighted by Gasteiger charge is -2.14. The molecule has 1 aliphatic heterocycles. The third-order valence-corrected chi connectivity index (χ3v) is 7.97. The van der Waals surface area contributed by atoms with Crippen molar-refractivity contribution in [3.05, 3.63) is 87.9 Å². The van der Waals surface area contributed by atoms with E-state index in [0.29, 0.717) is 10.6 Å². The number of hydrogen-bond acceptors (Lipinski definition) is 7. The van der Waals surface area contributed by atoms with E-state index in [1.807, 2.05) is 24.3 Å². The zero-order valence-corrected chi connectivity index (χ0v) is 21.9. The molecule has 1 aliphatic rings. The highest BCUT2D eigenvalue weighted by Gasteiger charge is 2.33. The molecule has 1 aromatic heterocycles. The van der Waals surface area contributed by atoms with E-state index in [9.17, 15) is 18.0 Å². The number of anilines is 2. The molecule has 35 heavy (non-hydrogen) atoms. The van der Waals surface area contributed by atoms with Crippen LogP contribution >= 0.6 is 39.9 Å². The van der Waals surface area contributed by atoms with Crippen molar-refractivity contribution in [3.8, 4) is 0 Å². The largest absolute Gasteiger partial charge is 0.325 e. The summed E-state index contributed by atoms with van der Waals surface area (Å²) in [6.45, 7) is -0.260. The lowest BCUT2D eigenvalue weighted by Crippen LogP contribution is -2.36. The summed E-state index contributed by atoms with van der Waals surface area (Å²) < 4.78 is 28.6. The Bertz CT molecular complexity index is 1410. The second-order valence-electron chi connectivity index (χ2n) is 7.21. The van der Waals surface area contributed by atoms with Crippen LogP contribution in [0.1, 0.15) is 5.56 Å². The van der Waals surface area contributed by atoms with E-state index in [-0.39, 0.29) is 27.5 Å². The first-order valence-corrected chi connectivity index (χ1v) is 13.6. The molecule has 12 heteroatoms. The van der Waals surface area contributed by atoms with Crippen LogP contribution in [0.3, 0.4) is 0 Å². The Balaban J connectivity index is 1.38. The molecule has 0 unspecified atom stereocenters. The molecule has 0 saturated carbocycles. The second kappa shape index (κ2) is 10.7. The molecule has 0 aliphatic carbocycles. The highest BCUT2D eigenvalue weighted by Crippen LogP contribution is 2.32. The molecule has 2 amide bonds. The van der Waals surface area contributed by atoms with Crippen LogP contribution in [-0.4, -0.2) is 41.0 Å². The molecule has 178 valence electrons. The molecule has 2 heterocycles. The highest BCUT2D eigenvalue weighted by atomic mass is 79.9. The lowest BCUT2D eigenvalue weighted by molar-refractivity contribution is -0.126. The molecular weight excluding hydrogens is 572 g/mol. The smallest absolute Gasteiger partial charge is 0.266 e. The fourth-order valence-corrected chi connectivity index (χ4v) is 5.56. The SMILES string of the molecule is O=C(CN1C(=O)/C(=C/c2ccc(Br)cc2)SC1=S)Nc1ccc(S(=O)(=O)Nc2ccccn2)cc1. The van der Waals surface area contributed by atoms with Crippen molar-refractivity contribution >= 4 is 83.6 Å². The van der Waals surface area contributed by atoms with Crippen LogP contribution in [0.25, 0.3) is 6.08 Å². The highest BCUT2D eigenvalue weighted by molar-refractivity contribution is 9.10. The van der Waals surface area contributed by atoms with Gasteiger partial charge in [0.25, 0.3) is 15.9 Å². The topological polar surface area (TPSA) is 108 Å². The van der Waals surface area contributed by atoms with Crippen LogP contribution in [0, 0.1) is 0 Å². The molecule has 4 rings (SSSR count). The third-order valence-electron chi connectivity index (χ3n) is 4.70. The van der Waals surface area contributed by atoms with Crippen molar-refractivity contribution in [1.29, 1.82) is 0 Å². The third kappa shape index (κ3) is 6.34. The first-order valence-electron chi connectivity index (χ1n) is 10.1. The summed E-state index contributed by atoms with van der Waals surface area (Å²) in [5, 5.41) is 2.66.